The highest BCUT2D eigenvalue weighted by atomic mass is 16.6. The van der Waals surface area contributed by atoms with Crippen LogP contribution < -0.4 is 5.73 Å². The van der Waals surface area contributed by atoms with Gasteiger partial charge in [-0.25, -0.2) is 4.79 Å². The van der Waals surface area contributed by atoms with E-state index in [1.807, 2.05) is 20.8 Å². The number of hydrogen-bond acceptors (Lipinski definition) is 3. The van der Waals surface area contributed by atoms with Crippen LogP contribution in [0.3, 0.4) is 0 Å². The number of amides is 1. The van der Waals surface area contributed by atoms with Gasteiger partial charge >= 0.3 is 6.09 Å². The van der Waals surface area contributed by atoms with Gasteiger partial charge in [0.15, 0.2) is 0 Å². The molecule has 1 amide bonds. The predicted molar refractivity (Wildman–Crippen MR) is 64.7 cm³/mol. The Kier molecular flexibility index (Phi) is 12.7. The van der Waals surface area contributed by atoms with Crippen LogP contribution in [-0.4, -0.2) is 23.9 Å². The second-order valence-corrected chi connectivity index (χ2v) is 3.77. The van der Waals surface area contributed by atoms with E-state index in [0.717, 1.165) is 19.3 Å². The van der Waals surface area contributed by atoms with Crippen LogP contribution in [0.5, 0.6) is 0 Å². The summed E-state index contributed by atoms with van der Waals surface area (Å²) in [5.41, 5.74) is 4.77. The fourth-order valence-corrected chi connectivity index (χ4v) is 0.658. The fourth-order valence-electron chi connectivity index (χ4n) is 0.658. The van der Waals surface area contributed by atoms with Crippen LogP contribution in [0.25, 0.3) is 0 Å². The molecule has 4 nitrogen and oxygen atoms in total. The molecule has 4 heteroatoms. The maximum Gasteiger partial charge on any atom is 0.404 e. The zero-order valence-electron chi connectivity index (χ0n) is 10.4. The molecule has 1 atom stereocenters. The summed E-state index contributed by atoms with van der Waals surface area (Å²) in [4.78, 5) is 10.1. The molecule has 3 N–H and O–H groups in total. The van der Waals surface area contributed by atoms with E-state index in [1.165, 1.54) is 0 Å². The summed E-state index contributed by atoms with van der Waals surface area (Å²) in [5.74, 6) is 2.82. The molecule has 0 saturated heterocycles. The summed E-state index contributed by atoms with van der Waals surface area (Å²) in [6.07, 6.45) is 6.74. The first-order chi connectivity index (χ1) is 7.45. The van der Waals surface area contributed by atoms with Crippen molar-refractivity contribution in [3.05, 3.63) is 0 Å². The van der Waals surface area contributed by atoms with Crippen molar-refractivity contribution in [1.29, 1.82) is 0 Å². The summed E-state index contributed by atoms with van der Waals surface area (Å²) in [6, 6.07) is 0. The Morgan fingerprint density at radius 1 is 1.44 bits per heavy atom. The monoisotopic (exact) mass is 229 g/mol. The normalized spacial score (nSPS) is 11.0. The number of carbonyl (C=O) groups excluding carboxylic acids is 1. The quantitative estimate of drug-likeness (QED) is 0.558. The van der Waals surface area contributed by atoms with Crippen molar-refractivity contribution in [3.63, 3.8) is 0 Å². The summed E-state index contributed by atoms with van der Waals surface area (Å²) in [6.45, 7) is 6.01. The van der Waals surface area contributed by atoms with Gasteiger partial charge in [0.25, 0.3) is 0 Å². The molecule has 0 rings (SSSR count). The summed E-state index contributed by atoms with van der Waals surface area (Å²) < 4.78 is 4.65. The van der Waals surface area contributed by atoms with Gasteiger partial charge in [-0.2, -0.15) is 0 Å². The van der Waals surface area contributed by atoms with Crippen molar-refractivity contribution in [1.82, 2.24) is 0 Å². The molecule has 0 radical (unpaired) electrons. The first kappa shape index (κ1) is 17.2. The highest BCUT2D eigenvalue weighted by Gasteiger charge is 2.08. The minimum Gasteiger partial charge on any atom is -0.446 e. The minimum atomic E-state index is -0.698. The van der Waals surface area contributed by atoms with E-state index in [-0.39, 0.29) is 12.7 Å². The van der Waals surface area contributed by atoms with Gasteiger partial charge in [0.05, 0.1) is 0 Å². The Morgan fingerprint density at radius 2 is 2.00 bits per heavy atom. The van der Waals surface area contributed by atoms with Gasteiger partial charge < -0.3 is 15.6 Å². The SMILES string of the molecule is C#CCCCCO.CC(C)C(C)OC(N)=O. The van der Waals surface area contributed by atoms with Gasteiger partial charge in [-0.15, -0.1) is 12.3 Å². The van der Waals surface area contributed by atoms with E-state index in [1.54, 1.807) is 0 Å². The molecular weight excluding hydrogens is 206 g/mol. The predicted octanol–water partition coefficient (Wildman–Crippen LogP) is 1.91. The smallest absolute Gasteiger partial charge is 0.404 e. The van der Waals surface area contributed by atoms with E-state index in [2.05, 4.69) is 10.7 Å². The third kappa shape index (κ3) is 15.3. The number of hydrogen-bond donors (Lipinski definition) is 2. The van der Waals surface area contributed by atoms with Crippen LogP contribution in [0, 0.1) is 18.3 Å². The summed E-state index contributed by atoms with van der Waals surface area (Å²) in [5, 5.41) is 8.22. The van der Waals surface area contributed by atoms with Crippen LogP contribution in [0.4, 0.5) is 4.79 Å². The molecule has 16 heavy (non-hydrogen) atoms. The molecule has 94 valence electrons. The van der Waals surface area contributed by atoms with Crippen molar-refractivity contribution >= 4 is 6.09 Å². The van der Waals surface area contributed by atoms with E-state index >= 15 is 0 Å². The Balaban J connectivity index is 0. The van der Waals surface area contributed by atoms with Gasteiger partial charge in [-0.05, 0) is 25.7 Å². The van der Waals surface area contributed by atoms with E-state index < -0.39 is 6.09 Å². The lowest BCUT2D eigenvalue weighted by atomic mass is 10.1. The van der Waals surface area contributed by atoms with E-state index in [0.29, 0.717) is 5.92 Å². The lowest BCUT2D eigenvalue weighted by molar-refractivity contribution is 0.0902. The highest BCUT2D eigenvalue weighted by Crippen LogP contribution is 2.03. The molecule has 0 fully saturated rings. The molecule has 0 aromatic carbocycles. The molecule has 0 aromatic rings. The number of carbonyl (C=O) groups is 1. The largest absolute Gasteiger partial charge is 0.446 e. The molecule has 0 heterocycles. The molecule has 0 bridgehead atoms. The lowest BCUT2D eigenvalue weighted by Gasteiger charge is -2.13. The third-order valence-electron chi connectivity index (χ3n) is 1.97. The van der Waals surface area contributed by atoms with Crippen molar-refractivity contribution in [2.45, 2.75) is 46.1 Å². The average molecular weight is 229 g/mol. The van der Waals surface area contributed by atoms with Crippen molar-refractivity contribution < 1.29 is 14.6 Å². The van der Waals surface area contributed by atoms with Crippen LogP contribution in [0.2, 0.25) is 0 Å². The van der Waals surface area contributed by atoms with Gasteiger partial charge in [0.1, 0.15) is 6.10 Å². The van der Waals surface area contributed by atoms with E-state index in [4.69, 9.17) is 17.3 Å². The number of primary amides is 1. The van der Waals surface area contributed by atoms with Gasteiger partial charge in [-0.3, -0.25) is 0 Å². The molecular formula is C12H23NO3. The van der Waals surface area contributed by atoms with Crippen LogP contribution >= 0.6 is 0 Å². The number of terminal acetylenes is 1. The van der Waals surface area contributed by atoms with Gasteiger partial charge in [0, 0.05) is 13.0 Å². The molecule has 0 aromatic heterocycles. The Hall–Kier alpha value is -1.21. The average Bonchev–Trinajstić information content (AvgIpc) is 2.18. The first-order valence-electron chi connectivity index (χ1n) is 5.46. The van der Waals surface area contributed by atoms with E-state index in [9.17, 15) is 4.79 Å². The van der Waals surface area contributed by atoms with Crippen molar-refractivity contribution in [2.24, 2.45) is 11.7 Å². The van der Waals surface area contributed by atoms with Crippen molar-refractivity contribution in [2.75, 3.05) is 6.61 Å². The maximum atomic E-state index is 10.1. The summed E-state index contributed by atoms with van der Waals surface area (Å²) >= 11 is 0. The molecule has 0 aliphatic rings. The number of ether oxygens (including phenoxy) is 1. The number of aliphatic hydroxyl groups excluding tert-OH is 1. The number of rotatable bonds is 5. The fraction of sp³-hybridized carbons (Fsp3) is 0.750. The summed E-state index contributed by atoms with van der Waals surface area (Å²) in [7, 11) is 0. The Labute approximate surface area is 98.2 Å². The Bertz CT molecular complexity index is 209. The first-order valence-corrected chi connectivity index (χ1v) is 5.46. The minimum absolute atomic E-state index is 0.0810. The van der Waals surface area contributed by atoms with Crippen molar-refractivity contribution in [3.8, 4) is 12.3 Å². The Morgan fingerprint density at radius 3 is 2.25 bits per heavy atom. The number of nitrogens with two attached hydrogens (primary N) is 1. The third-order valence-corrected chi connectivity index (χ3v) is 1.97. The zero-order valence-corrected chi connectivity index (χ0v) is 10.4. The van der Waals surface area contributed by atoms with Crippen LogP contribution in [0.15, 0.2) is 0 Å². The number of aliphatic hydroxyl groups is 1. The maximum absolute atomic E-state index is 10.1. The highest BCUT2D eigenvalue weighted by molar-refractivity contribution is 5.64. The van der Waals surface area contributed by atoms with Gasteiger partial charge in [0.2, 0.25) is 0 Å². The van der Waals surface area contributed by atoms with Crippen LogP contribution in [0.1, 0.15) is 40.0 Å². The number of unbranched alkanes of at least 4 members (excludes halogenated alkanes) is 2. The van der Waals surface area contributed by atoms with Crippen LogP contribution in [-0.2, 0) is 4.74 Å². The second-order valence-electron chi connectivity index (χ2n) is 3.77. The zero-order chi connectivity index (χ0) is 13.0. The molecule has 0 aliphatic heterocycles. The molecule has 0 spiro atoms. The molecule has 0 saturated carbocycles. The molecule has 1 unspecified atom stereocenters. The second kappa shape index (κ2) is 11.9. The standard InChI is InChI=1S/C6H13NO2.C6H10O/c1-4(2)5(3)9-6(7)8;1-2-3-4-5-6-7/h4-5H,1-3H3,(H2,7,8);1,7H,3-6H2. The molecule has 0 aliphatic carbocycles. The topological polar surface area (TPSA) is 72.6 Å². The lowest BCUT2D eigenvalue weighted by Crippen LogP contribution is -2.24. The van der Waals surface area contributed by atoms with Gasteiger partial charge in [-0.1, -0.05) is 13.8 Å².